The highest BCUT2D eigenvalue weighted by atomic mass is 16.1. The van der Waals surface area contributed by atoms with Crippen molar-refractivity contribution in [3.05, 3.63) is 49.1 Å². The SMILES string of the molecule is CCC(=O)Nc1ccnc(-c2ccnc(-n3cccn3)c2)n1. The van der Waals surface area contributed by atoms with Gasteiger partial charge in [0.1, 0.15) is 5.82 Å². The van der Waals surface area contributed by atoms with Gasteiger partial charge in [-0.25, -0.2) is 19.6 Å². The fourth-order valence-corrected chi connectivity index (χ4v) is 1.89. The number of hydrogen-bond donors (Lipinski definition) is 1. The maximum absolute atomic E-state index is 11.4. The van der Waals surface area contributed by atoms with Gasteiger partial charge in [0, 0.05) is 36.8 Å². The van der Waals surface area contributed by atoms with Gasteiger partial charge < -0.3 is 5.32 Å². The Kier molecular flexibility index (Phi) is 3.86. The van der Waals surface area contributed by atoms with E-state index < -0.39 is 0 Å². The third-order valence-corrected chi connectivity index (χ3v) is 2.99. The van der Waals surface area contributed by atoms with E-state index in [1.54, 1.807) is 36.3 Å². The number of rotatable bonds is 4. The second kappa shape index (κ2) is 6.13. The Morgan fingerprint density at radius 1 is 1.23 bits per heavy atom. The molecule has 0 radical (unpaired) electrons. The number of nitrogens with zero attached hydrogens (tertiary/aromatic N) is 5. The lowest BCUT2D eigenvalue weighted by atomic mass is 10.2. The van der Waals surface area contributed by atoms with Crippen LogP contribution in [0.1, 0.15) is 13.3 Å². The molecule has 0 saturated carbocycles. The quantitative estimate of drug-likeness (QED) is 0.796. The summed E-state index contributed by atoms with van der Waals surface area (Å²) in [5.41, 5.74) is 0.799. The van der Waals surface area contributed by atoms with Crippen LogP contribution in [0.5, 0.6) is 0 Å². The molecule has 7 nitrogen and oxygen atoms in total. The zero-order chi connectivity index (χ0) is 15.4. The average Bonchev–Trinajstić information content (AvgIpc) is 3.10. The summed E-state index contributed by atoms with van der Waals surface area (Å²) in [6, 6.07) is 7.14. The monoisotopic (exact) mass is 294 g/mol. The predicted octanol–water partition coefficient (Wildman–Crippen LogP) is 2.07. The predicted molar refractivity (Wildman–Crippen MR) is 81.3 cm³/mol. The number of pyridine rings is 1. The molecule has 0 aromatic carbocycles. The summed E-state index contributed by atoms with van der Waals surface area (Å²) >= 11 is 0. The molecule has 110 valence electrons. The lowest BCUT2D eigenvalue weighted by Gasteiger charge is -2.06. The minimum absolute atomic E-state index is 0.0865. The van der Waals surface area contributed by atoms with E-state index in [0.29, 0.717) is 23.9 Å². The van der Waals surface area contributed by atoms with E-state index in [9.17, 15) is 4.79 Å². The van der Waals surface area contributed by atoms with E-state index in [1.165, 1.54) is 0 Å². The molecule has 0 aliphatic carbocycles. The number of carbonyl (C=O) groups excluding carboxylic acids is 1. The first-order chi connectivity index (χ1) is 10.8. The van der Waals surface area contributed by atoms with Crippen molar-refractivity contribution in [2.75, 3.05) is 5.32 Å². The number of nitrogens with one attached hydrogen (secondary N) is 1. The minimum Gasteiger partial charge on any atom is -0.311 e. The average molecular weight is 294 g/mol. The Labute approximate surface area is 127 Å². The number of hydrogen-bond acceptors (Lipinski definition) is 5. The lowest BCUT2D eigenvalue weighted by molar-refractivity contribution is -0.115. The van der Waals surface area contributed by atoms with Crippen LogP contribution in [0.15, 0.2) is 49.1 Å². The van der Waals surface area contributed by atoms with Crippen LogP contribution >= 0.6 is 0 Å². The van der Waals surface area contributed by atoms with Crippen LogP contribution in [0.3, 0.4) is 0 Å². The molecule has 0 aliphatic heterocycles. The van der Waals surface area contributed by atoms with Gasteiger partial charge in [-0.15, -0.1) is 0 Å². The third-order valence-electron chi connectivity index (χ3n) is 2.99. The highest BCUT2D eigenvalue weighted by molar-refractivity contribution is 5.89. The summed E-state index contributed by atoms with van der Waals surface area (Å²) in [5, 5.41) is 6.87. The second-order valence-corrected chi connectivity index (χ2v) is 4.52. The standard InChI is InChI=1S/C15H14N6O/c1-2-14(22)19-12-5-8-17-15(20-12)11-4-7-16-13(10-11)21-9-3-6-18-21/h3-10H,2H2,1H3,(H,17,19,20,22). The molecule has 0 aliphatic rings. The normalized spacial score (nSPS) is 10.4. The molecule has 7 heteroatoms. The van der Waals surface area contributed by atoms with Crippen LogP contribution in [-0.4, -0.2) is 30.6 Å². The number of amides is 1. The maximum atomic E-state index is 11.4. The van der Waals surface area contributed by atoms with Gasteiger partial charge >= 0.3 is 0 Å². The second-order valence-electron chi connectivity index (χ2n) is 4.52. The zero-order valence-corrected chi connectivity index (χ0v) is 12.0. The first-order valence-electron chi connectivity index (χ1n) is 6.85. The molecule has 0 bridgehead atoms. The summed E-state index contributed by atoms with van der Waals surface area (Å²) < 4.78 is 1.66. The molecule has 0 spiro atoms. The molecule has 0 atom stereocenters. The highest BCUT2D eigenvalue weighted by Gasteiger charge is 2.07. The van der Waals surface area contributed by atoms with Crippen molar-refractivity contribution in [2.45, 2.75) is 13.3 Å². The molecule has 1 N–H and O–H groups in total. The van der Waals surface area contributed by atoms with Crippen molar-refractivity contribution in [2.24, 2.45) is 0 Å². The highest BCUT2D eigenvalue weighted by Crippen LogP contribution is 2.18. The Morgan fingerprint density at radius 3 is 2.86 bits per heavy atom. The van der Waals surface area contributed by atoms with Crippen LogP contribution in [-0.2, 0) is 4.79 Å². The van der Waals surface area contributed by atoms with Crippen molar-refractivity contribution in [3.8, 4) is 17.2 Å². The Hall–Kier alpha value is -3.09. The Morgan fingerprint density at radius 2 is 2.09 bits per heavy atom. The molecule has 0 fully saturated rings. The van der Waals surface area contributed by atoms with Gasteiger partial charge in [-0.05, 0) is 24.3 Å². The summed E-state index contributed by atoms with van der Waals surface area (Å²) in [4.78, 5) is 24.3. The number of anilines is 1. The van der Waals surface area contributed by atoms with Crippen LogP contribution in [0.25, 0.3) is 17.2 Å². The molecule has 3 aromatic heterocycles. The lowest BCUT2D eigenvalue weighted by Crippen LogP contribution is -2.11. The molecular weight excluding hydrogens is 280 g/mol. The van der Waals surface area contributed by atoms with Crippen LogP contribution in [0.4, 0.5) is 5.82 Å². The van der Waals surface area contributed by atoms with Gasteiger partial charge in [0.2, 0.25) is 5.91 Å². The van der Waals surface area contributed by atoms with E-state index in [4.69, 9.17) is 0 Å². The fourth-order valence-electron chi connectivity index (χ4n) is 1.89. The van der Waals surface area contributed by atoms with E-state index in [-0.39, 0.29) is 5.91 Å². The van der Waals surface area contributed by atoms with Crippen LogP contribution in [0.2, 0.25) is 0 Å². The van der Waals surface area contributed by atoms with Gasteiger partial charge in [-0.2, -0.15) is 5.10 Å². The van der Waals surface area contributed by atoms with Crippen molar-refractivity contribution in [3.63, 3.8) is 0 Å². The van der Waals surface area contributed by atoms with Crippen LogP contribution in [0, 0.1) is 0 Å². The Balaban J connectivity index is 1.92. The topological polar surface area (TPSA) is 85.6 Å². The first-order valence-corrected chi connectivity index (χ1v) is 6.85. The molecule has 3 aromatic rings. The van der Waals surface area contributed by atoms with Gasteiger partial charge in [-0.3, -0.25) is 4.79 Å². The molecule has 3 heterocycles. The number of carbonyl (C=O) groups is 1. The summed E-state index contributed by atoms with van der Waals surface area (Å²) in [7, 11) is 0. The summed E-state index contributed by atoms with van der Waals surface area (Å²) in [6.07, 6.45) is 7.18. The maximum Gasteiger partial charge on any atom is 0.225 e. The molecule has 0 saturated heterocycles. The van der Waals surface area contributed by atoms with Gasteiger partial charge in [0.15, 0.2) is 11.6 Å². The number of aromatic nitrogens is 5. The van der Waals surface area contributed by atoms with Gasteiger partial charge in [0.25, 0.3) is 0 Å². The van der Waals surface area contributed by atoms with Crippen molar-refractivity contribution in [1.29, 1.82) is 0 Å². The Bertz CT molecular complexity index is 784. The smallest absolute Gasteiger partial charge is 0.225 e. The largest absolute Gasteiger partial charge is 0.311 e. The van der Waals surface area contributed by atoms with E-state index in [2.05, 4.69) is 25.4 Å². The van der Waals surface area contributed by atoms with Crippen molar-refractivity contribution in [1.82, 2.24) is 24.7 Å². The van der Waals surface area contributed by atoms with E-state index in [0.717, 1.165) is 5.56 Å². The summed E-state index contributed by atoms with van der Waals surface area (Å²) in [5.74, 6) is 1.59. The molecule has 1 amide bonds. The van der Waals surface area contributed by atoms with Crippen molar-refractivity contribution >= 4 is 11.7 Å². The molecule has 22 heavy (non-hydrogen) atoms. The molecular formula is C15H14N6O. The van der Waals surface area contributed by atoms with Gasteiger partial charge in [-0.1, -0.05) is 6.92 Å². The van der Waals surface area contributed by atoms with E-state index >= 15 is 0 Å². The summed E-state index contributed by atoms with van der Waals surface area (Å²) in [6.45, 7) is 1.79. The molecule has 3 rings (SSSR count). The minimum atomic E-state index is -0.0865. The fraction of sp³-hybridized carbons (Fsp3) is 0.133. The zero-order valence-electron chi connectivity index (χ0n) is 12.0. The van der Waals surface area contributed by atoms with Crippen molar-refractivity contribution < 1.29 is 4.79 Å². The third kappa shape index (κ3) is 2.98. The molecule has 0 unspecified atom stereocenters. The van der Waals surface area contributed by atoms with Gasteiger partial charge in [0.05, 0.1) is 0 Å². The first kappa shape index (κ1) is 13.9. The van der Waals surface area contributed by atoms with Crippen LogP contribution < -0.4 is 5.32 Å². The van der Waals surface area contributed by atoms with E-state index in [1.807, 2.05) is 24.4 Å².